The molecule has 0 radical (unpaired) electrons. The Morgan fingerprint density at radius 2 is 2.17 bits per heavy atom. The summed E-state index contributed by atoms with van der Waals surface area (Å²) in [5.41, 5.74) is 0.991. The number of para-hydroxylation sites is 1. The van der Waals surface area contributed by atoms with Crippen molar-refractivity contribution in [2.75, 3.05) is 13.2 Å². The third-order valence-electron chi connectivity index (χ3n) is 1.78. The van der Waals surface area contributed by atoms with Crippen LogP contribution in [0.25, 0.3) is 0 Å². The van der Waals surface area contributed by atoms with E-state index in [9.17, 15) is 0 Å². The first-order valence-corrected chi connectivity index (χ1v) is 4.29. The predicted molar refractivity (Wildman–Crippen MR) is 51.6 cm³/mol. The minimum absolute atomic E-state index is 0.678. The van der Waals surface area contributed by atoms with E-state index in [4.69, 9.17) is 17.0 Å². The van der Waals surface area contributed by atoms with Crippen molar-refractivity contribution in [1.29, 1.82) is 0 Å². The Balaban J connectivity index is 2.46. The normalized spacial score (nSPS) is 15.5. The summed E-state index contributed by atoms with van der Waals surface area (Å²) < 4.78 is 5.47. The van der Waals surface area contributed by atoms with Crippen LogP contribution in [0.15, 0.2) is 24.3 Å². The average Bonchev–Trinajstić information content (AvgIpc) is 2.29. The highest BCUT2D eigenvalue weighted by molar-refractivity contribution is 7.80. The molecule has 2 rings (SSSR count). The lowest BCUT2D eigenvalue weighted by Gasteiger charge is -2.04. The van der Waals surface area contributed by atoms with Gasteiger partial charge in [0.05, 0.1) is 5.56 Å². The lowest BCUT2D eigenvalue weighted by atomic mass is 10.2. The largest absolute Gasteiger partial charge is 0.491 e. The lowest BCUT2D eigenvalue weighted by molar-refractivity contribution is 0.327. The molecule has 0 aliphatic carbocycles. The molecule has 0 saturated carbocycles. The van der Waals surface area contributed by atoms with Crippen molar-refractivity contribution >= 4 is 17.2 Å². The van der Waals surface area contributed by atoms with Crippen molar-refractivity contribution in [3.8, 4) is 5.75 Å². The summed E-state index contributed by atoms with van der Waals surface area (Å²) in [5, 5.41) is 3.11. The fraction of sp³-hybridized carbons (Fsp3) is 0.222. The minimum atomic E-state index is 0.678. The van der Waals surface area contributed by atoms with Crippen LogP contribution in [0.5, 0.6) is 5.75 Å². The molecule has 1 aliphatic rings. The zero-order chi connectivity index (χ0) is 8.39. The number of thiocarbonyl (C=S) groups is 1. The van der Waals surface area contributed by atoms with Gasteiger partial charge in [0.15, 0.2) is 0 Å². The van der Waals surface area contributed by atoms with E-state index in [1.165, 1.54) is 0 Å². The quantitative estimate of drug-likeness (QED) is 0.607. The summed E-state index contributed by atoms with van der Waals surface area (Å²) in [6, 6.07) is 7.82. The summed E-state index contributed by atoms with van der Waals surface area (Å²) in [5.74, 6) is 0.882. The molecule has 0 saturated heterocycles. The zero-order valence-electron chi connectivity index (χ0n) is 6.54. The van der Waals surface area contributed by atoms with Gasteiger partial charge in [-0.15, -0.1) is 0 Å². The molecule has 1 heterocycles. The Hall–Kier alpha value is -1.09. The van der Waals surface area contributed by atoms with E-state index in [0.717, 1.165) is 22.8 Å². The molecule has 3 heteroatoms. The molecule has 1 aliphatic heterocycles. The van der Waals surface area contributed by atoms with Gasteiger partial charge in [0.2, 0.25) is 0 Å². The lowest BCUT2D eigenvalue weighted by Crippen LogP contribution is -2.23. The Morgan fingerprint density at radius 3 is 3.08 bits per heavy atom. The second kappa shape index (κ2) is 3.11. The number of hydrogen-bond acceptors (Lipinski definition) is 2. The molecule has 2 nitrogen and oxygen atoms in total. The summed E-state index contributed by atoms with van der Waals surface area (Å²) in [6.07, 6.45) is 0. The highest BCUT2D eigenvalue weighted by Crippen LogP contribution is 2.19. The van der Waals surface area contributed by atoms with E-state index in [1.807, 2.05) is 24.3 Å². The van der Waals surface area contributed by atoms with Gasteiger partial charge in [-0.2, -0.15) is 0 Å². The first-order chi connectivity index (χ1) is 5.88. The molecule has 0 atom stereocenters. The van der Waals surface area contributed by atoms with E-state index in [0.29, 0.717) is 6.61 Å². The topological polar surface area (TPSA) is 21.3 Å². The van der Waals surface area contributed by atoms with Gasteiger partial charge in [-0.1, -0.05) is 24.4 Å². The number of nitrogens with one attached hydrogen (secondary N) is 1. The number of hydrogen-bond donors (Lipinski definition) is 1. The van der Waals surface area contributed by atoms with E-state index in [-0.39, 0.29) is 0 Å². The molecule has 0 unspecified atom stereocenters. The second-order valence-electron chi connectivity index (χ2n) is 2.60. The van der Waals surface area contributed by atoms with Crippen molar-refractivity contribution in [2.45, 2.75) is 0 Å². The fourth-order valence-electron chi connectivity index (χ4n) is 1.20. The summed E-state index contributed by atoms with van der Waals surface area (Å²) in [6.45, 7) is 1.46. The van der Waals surface area contributed by atoms with Crippen LogP contribution in [-0.2, 0) is 0 Å². The van der Waals surface area contributed by atoms with Crippen LogP contribution in [-0.4, -0.2) is 18.1 Å². The summed E-state index contributed by atoms with van der Waals surface area (Å²) in [7, 11) is 0. The molecule has 62 valence electrons. The van der Waals surface area contributed by atoms with E-state index >= 15 is 0 Å². The van der Waals surface area contributed by atoms with E-state index < -0.39 is 0 Å². The van der Waals surface area contributed by atoms with Gasteiger partial charge in [0.25, 0.3) is 0 Å². The molecule has 1 aromatic carbocycles. The number of rotatable bonds is 0. The van der Waals surface area contributed by atoms with Crippen LogP contribution < -0.4 is 10.1 Å². The monoisotopic (exact) mass is 179 g/mol. The number of ether oxygens (including phenoxy) is 1. The predicted octanol–water partition coefficient (Wildman–Crippen LogP) is 1.34. The molecule has 0 fully saturated rings. The van der Waals surface area contributed by atoms with Crippen molar-refractivity contribution in [3.63, 3.8) is 0 Å². The highest BCUT2D eigenvalue weighted by atomic mass is 32.1. The zero-order valence-corrected chi connectivity index (χ0v) is 7.36. The van der Waals surface area contributed by atoms with Crippen LogP contribution >= 0.6 is 12.2 Å². The van der Waals surface area contributed by atoms with Crippen molar-refractivity contribution in [3.05, 3.63) is 29.8 Å². The maximum absolute atomic E-state index is 5.47. The highest BCUT2D eigenvalue weighted by Gasteiger charge is 2.10. The van der Waals surface area contributed by atoms with Gasteiger partial charge in [0, 0.05) is 6.54 Å². The molecule has 12 heavy (non-hydrogen) atoms. The molecule has 0 aromatic heterocycles. The SMILES string of the molecule is S=C1NCCOc2ccccc21. The molecule has 1 N–H and O–H groups in total. The van der Waals surface area contributed by atoms with Crippen molar-refractivity contribution in [1.82, 2.24) is 5.32 Å². The average molecular weight is 179 g/mol. The van der Waals surface area contributed by atoms with Crippen LogP contribution in [0.2, 0.25) is 0 Å². The summed E-state index contributed by atoms with van der Waals surface area (Å²) in [4.78, 5) is 0.781. The molecule has 1 aromatic rings. The van der Waals surface area contributed by atoms with Crippen LogP contribution in [0.4, 0.5) is 0 Å². The van der Waals surface area contributed by atoms with Gasteiger partial charge in [-0.05, 0) is 12.1 Å². The summed E-state index contributed by atoms with van der Waals surface area (Å²) >= 11 is 5.16. The van der Waals surface area contributed by atoms with Crippen LogP contribution in [0.3, 0.4) is 0 Å². The van der Waals surface area contributed by atoms with Crippen molar-refractivity contribution < 1.29 is 4.74 Å². The molecule has 0 amide bonds. The number of fused-ring (bicyclic) bond motifs is 1. The smallest absolute Gasteiger partial charge is 0.129 e. The van der Waals surface area contributed by atoms with Gasteiger partial charge in [-0.3, -0.25) is 0 Å². The molecular weight excluding hydrogens is 170 g/mol. The fourth-order valence-corrected chi connectivity index (χ4v) is 1.47. The standard InChI is InChI=1S/C9H9NOS/c12-9-7-3-1-2-4-8(7)11-6-5-10-9/h1-4H,5-6H2,(H,10,12). The van der Waals surface area contributed by atoms with E-state index in [2.05, 4.69) is 5.32 Å². The Kier molecular flexibility index (Phi) is 1.96. The van der Waals surface area contributed by atoms with Crippen LogP contribution in [0, 0.1) is 0 Å². The first-order valence-electron chi connectivity index (χ1n) is 3.88. The third-order valence-corrected chi connectivity index (χ3v) is 2.14. The molecular formula is C9H9NOS. The van der Waals surface area contributed by atoms with Gasteiger partial charge >= 0.3 is 0 Å². The Morgan fingerprint density at radius 1 is 1.33 bits per heavy atom. The molecule has 0 spiro atoms. The first kappa shape index (κ1) is 7.55. The maximum Gasteiger partial charge on any atom is 0.129 e. The van der Waals surface area contributed by atoms with Gasteiger partial charge < -0.3 is 10.1 Å². The van der Waals surface area contributed by atoms with Crippen molar-refractivity contribution in [2.24, 2.45) is 0 Å². The van der Waals surface area contributed by atoms with E-state index in [1.54, 1.807) is 0 Å². The number of benzene rings is 1. The molecule has 0 bridgehead atoms. The third kappa shape index (κ3) is 1.28. The van der Waals surface area contributed by atoms with Gasteiger partial charge in [0.1, 0.15) is 17.3 Å². The minimum Gasteiger partial charge on any atom is -0.491 e. The Bertz CT molecular complexity index is 311. The van der Waals surface area contributed by atoms with Crippen LogP contribution in [0.1, 0.15) is 5.56 Å². The second-order valence-corrected chi connectivity index (χ2v) is 3.01. The van der Waals surface area contributed by atoms with Gasteiger partial charge in [-0.25, -0.2) is 0 Å². The maximum atomic E-state index is 5.47. The Labute approximate surface area is 76.5 Å².